The van der Waals surface area contributed by atoms with Crippen molar-refractivity contribution < 1.29 is 14.6 Å². The first-order valence-corrected chi connectivity index (χ1v) is 10.1. The van der Waals surface area contributed by atoms with E-state index in [9.17, 15) is 9.90 Å². The molecule has 29 heavy (non-hydrogen) atoms. The van der Waals surface area contributed by atoms with Gasteiger partial charge in [0.1, 0.15) is 16.5 Å². The van der Waals surface area contributed by atoms with Gasteiger partial charge < -0.3 is 15.2 Å². The molecule has 4 rings (SSSR count). The second-order valence-corrected chi connectivity index (χ2v) is 8.00. The molecule has 5 nitrogen and oxygen atoms in total. The zero-order chi connectivity index (χ0) is 20.4. The predicted molar refractivity (Wildman–Crippen MR) is 117 cm³/mol. The Labute approximate surface area is 180 Å². The van der Waals surface area contributed by atoms with Crippen LogP contribution in [0.4, 0.5) is 5.69 Å². The maximum atomic E-state index is 12.2. The number of thiazole rings is 1. The Hall–Kier alpha value is -2.80. The highest BCUT2D eigenvalue weighted by atomic mass is 35.5. The number of ether oxygens (including phenoxy) is 1. The third kappa shape index (κ3) is 4.45. The number of phenolic OH excluding ortho intramolecular Hbond substituents is 1. The highest BCUT2D eigenvalue weighted by molar-refractivity contribution is 7.21. The molecule has 1 heterocycles. The highest BCUT2D eigenvalue weighted by Crippen LogP contribution is 2.36. The van der Waals surface area contributed by atoms with E-state index in [4.69, 9.17) is 27.9 Å². The molecule has 0 unspecified atom stereocenters. The average Bonchev–Trinajstić information content (AvgIpc) is 3.11. The first-order valence-electron chi connectivity index (χ1n) is 8.56. The molecule has 0 saturated heterocycles. The molecule has 3 aromatic carbocycles. The van der Waals surface area contributed by atoms with Crippen LogP contribution in [0.15, 0.2) is 60.7 Å². The molecule has 0 atom stereocenters. The molecule has 0 bridgehead atoms. The van der Waals surface area contributed by atoms with E-state index in [0.717, 1.165) is 10.2 Å². The van der Waals surface area contributed by atoms with Gasteiger partial charge in [-0.1, -0.05) is 35.3 Å². The van der Waals surface area contributed by atoms with Crippen LogP contribution >= 0.6 is 34.5 Å². The van der Waals surface area contributed by atoms with Crippen LogP contribution in [0.25, 0.3) is 20.8 Å². The van der Waals surface area contributed by atoms with Gasteiger partial charge in [0.25, 0.3) is 5.91 Å². The Morgan fingerprint density at radius 2 is 1.93 bits per heavy atom. The van der Waals surface area contributed by atoms with Crippen molar-refractivity contribution in [2.75, 3.05) is 11.9 Å². The smallest absolute Gasteiger partial charge is 0.262 e. The normalized spacial score (nSPS) is 10.8. The number of nitrogens with one attached hydrogen (secondary N) is 1. The molecule has 1 aromatic heterocycles. The van der Waals surface area contributed by atoms with Crippen LogP contribution in [0.3, 0.4) is 0 Å². The van der Waals surface area contributed by atoms with Crippen molar-refractivity contribution in [3.8, 4) is 22.1 Å². The number of halogens is 2. The Morgan fingerprint density at radius 1 is 1.10 bits per heavy atom. The van der Waals surface area contributed by atoms with Gasteiger partial charge in [0.2, 0.25) is 0 Å². The lowest BCUT2D eigenvalue weighted by Crippen LogP contribution is -2.20. The van der Waals surface area contributed by atoms with E-state index >= 15 is 0 Å². The number of phenols is 1. The summed E-state index contributed by atoms with van der Waals surface area (Å²) in [7, 11) is 0. The number of aromatic hydroxyl groups is 1. The minimum atomic E-state index is -0.386. The van der Waals surface area contributed by atoms with Crippen molar-refractivity contribution in [3.05, 3.63) is 70.7 Å². The molecule has 0 fully saturated rings. The number of hydrogen-bond donors (Lipinski definition) is 2. The molecule has 0 aliphatic carbocycles. The van der Waals surface area contributed by atoms with Crippen LogP contribution in [0.5, 0.6) is 11.5 Å². The molecule has 2 N–H and O–H groups in total. The second kappa shape index (κ2) is 8.29. The number of benzene rings is 3. The largest absolute Gasteiger partial charge is 0.507 e. The quantitative estimate of drug-likeness (QED) is 0.396. The number of rotatable bonds is 5. The van der Waals surface area contributed by atoms with Gasteiger partial charge in [-0.05, 0) is 42.5 Å². The average molecular weight is 445 g/mol. The summed E-state index contributed by atoms with van der Waals surface area (Å²) >= 11 is 13.3. The summed E-state index contributed by atoms with van der Waals surface area (Å²) in [5, 5.41) is 14.6. The van der Waals surface area contributed by atoms with Gasteiger partial charge in [0, 0.05) is 16.8 Å². The molecule has 0 spiro atoms. The molecule has 4 aromatic rings. The van der Waals surface area contributed by atoms with E-state index in [1.54, 1.807) is 24.3 Å². The van der Waals surface area contributed by atoms with Crippen molar-refractivity contribution in [2.24, 2.45) is 0 Å². The van der Waals surface area contributed by atoms with Crippen molar-refractivity contribution >= 4 is 56.3 Å². The van der Waals surface area contributed by atoms with Gasteiger partial charge in [-0.2, -0.15) is 0 Å². The van der Waals surface area contributed by atoms with Crippen LogP contribution in [-0.4, -0.2) is 22.6 Å². The number of carbonyl (C=O) groups excluding carboxylic acids is 1. The molecular formula is C21H14Cl2N2O3S. The van der Waals surface area contributed by atoms with E-state index in [1.807, 2.05) is 24.3 Å². The second-order valence-electron chi connectivity index (χ2n) is 6.13. The lowest BCUT2D eigenvalue weighted by molar-refractivity contribution is -0.118. The van der Waals surface area contributed by atoms with E-state index in [2.05, 4.69) is 10.3 Å². The maximum absolute atomic E-state index is 12.2. The van der Waals surface area contributed by atoms with Gasteiger partial charge in [0.15, 0.2) is 6.61 Å². The Kier molecular flexibility index (Phi) is 5.58. The molecule has 0 saturated carbocycles. The first-order chi connectivity index (χ1) is 14.0. The van der Waals surface area contributed by atoms with Crippen LogP contribution < -0.4 is 10.1 Å². The molecule has 0 radical (unpaired) electrons. The molecule has 8 heteroatoms. The predicted octanol–water partition coefficient (Wildman–Crippen LogP) is 5.99. The molecular weight excluding hydrogens is 431 g/mol. The fourth-order valence-electron chi connectivity index (χ4n) is 2.71. The number of carbonyl (C=O) groups is 1. The van der Waals surface area contributed by atoms with Gasteiger partial charge >= 0.3 is 0 Å². The van der Waals surface area contributed by atoms with E-state index < -0.39 is 0 Å². The zero-order valence-electron chi connectivity index (χ0n) is 14.9. The molecule has 0 aliphatic rings. The van der Waals surface area contributed by atoms with Crippen LogP contribution in [0.2, 0.25) is 10.0 Å². The summed E-state index contributed by atoms with van der Waals surface area (Å²) in [5.74, 6) is 0.00641. The fourth-order valence-corrected chi connectivity index (χ4v) is 4.17. The Morgan fingerprint density at radius 3 is 2.69 bits per heavy atom. The monoisotopic (exact) mass is 444 g/mol. The van der Waals surface area contributed by atoms with Crippen molar-refractivity contribution in [3.63, 3.8) is 0 Å². The van der Waals surface area contributed by atoms with E-state index in [0.29, 0.717) is 32.1 Å². The fraction of sp³-hybridized carbons (Fsp3) is 0.0476. The third-order valence-electron chi connectivity index (χ3n) is 4.06. The number of amides is 1. The SMILES string of the molecule is O=C(COc1ccc(Cl)cc1Cl)Nc1ccc(-c2nc3ccccc3s2)c(O)c1. The Bertz CT molecular complexity index is 1180. The standard InChI is InChI=1S/C21H14Cl2N2O3S/c22-12-5-8-18(15(23)9-12)28-11-20(27)24-13-6-7-14(17(26)10-13)21-25-16-3-1-2-4-19(16)29-21/h1-10,26H,11H2,(H,24,27). The van der Waals surface area contributed by atoms with Gasteiger partial charge in [-0.15, -0.1) is 11.3 Å². The highest BCUT2D eigenvalue weighted by Gasteiger charge is 2.12. The van der Waals surface area contributed by atoms with Crippen molar-refractivity contribution in [1.29, 1.82) is 0 Å². The minimum absolute atomic E-state index is 0.0310. The lowest BCUT2D eigenvalue weighted by atomic mass is 10.2. The van der Waals surface area contributed by atoms with Gasteiger partial charge in [0.05, 0.1) is 20.8 Å². The number of anilines is 1. The topological polar surface area (TPSA) is 71.5 Å². The van der Waals surface area contributed by atoms with E-state index in [-0.39, 0.29) is 18.3 Å². The Balaban J connectivity index is 1.44. The summed E-state index contributed by atoms with van der Waals surface area (Å²) in [6.45, 7) is -0.234. The minimum Gasteiger partial charge on any atom is -0.507 e. The molecule has 146 valence electrons. The van der Waals surface area contributed by atoms with E-state index in [1.165, 1.54) is 23.5 Å². The van der Waals surface area contributed by atoms with Crippen molar-refractivity contribution in [1.82, 2.24) is 4.98 Å². The number of aromatic nitrogens is 1. The molecule has 1 amide bonds. The summed E-state index contributed by atoms with van der Waals surface area (Å²) < 4.78 is 6.45. The molecule has 0 aliphatic heterocycles. The van der Waals surface area contributed by atoms with Crippen LogP contribution in [0, 0.1) is 0 Å². The lowest BCUT2D eigenvalue weighted by Gasteiger charge is -2.10. The summed E-state index contributed by atoms with van der Waals surface area (Å²) in [4.78, 5) is 16.7. The van der Waals surface area contributed by atoms with Gasteiger partial charge in [-0.3, -0.25) is 4.79 Å². The van der Waals surface area contributed by atoms with Crippen molar-refractivity contribution in [2.45, 2.75) is 0 Å². The summed E-state index contributed by atoms with van der Waals surface area (Å²) in [6, 6.07) is 17.4. The summed E-state index contributed by atoms with van der Waals surface area (Å²) in [5.41, 5.74) is 1.93. The number of nitrogens with zero attached hydrogens (tertiary/aromatic N) is 1. The number of fused-ring (bicyclic) bond motifs is 1. The number of hydrogen-bond acceptors (Lipinski definition) is 5. The van der Waals surface area contributed by atoms with Crippen LogP contribution in [0.1, 0.15) is 0 Å². The zero-order valence-corrected chi connectivity index (χ0v) is 17.2. The maximum Gasteiger partial charge on any atom is 0.262 e. The third-order valence-corrected chi connectivity index (χ3v) is 5.66. The first kappa shape index (κ1) is 19.5. The van der Waals surface area contributed by atoms with Crippen LogP contribution in [-0.2, 0) is 4.79 Å². The number of para-hydroxylation sites is 1. The van der Waals surface area contributed by atoms with Gasteiger partial charge in [-0.25, -0.2) is 4.98 Å². The summed E-state index contributed by atoms with van der Waals surface area (Å²) in [6.07, 6.45) is 0.